The molecule has 0 fully saturated rings. The van der Waals surface area contributed by atoms with Gasteiger partial charge in [0.1, 0.15) is 5.02 Å². The predicted octanol–water partition coefficient (Wildman–Crippen LogP) is 7.10. The van der Waals surface area contributed by atoms with E-state index in [1.807, 2.05) is 36.4 Å². The van der Waals surface area contributed by atoms with Crippen LogP contribution in [-0.2, 0) is 6.54 Å². The quantitative estimate of drug-likeness (QED) is 0.0958. The van der Waals surface area contributed by atoms with Crippen molar-refractivity contribution in [3.8, 4) is 22.5 Å². The molecule has 4 rings (SSSR count). The van der Waals surface area contributed by atoms with Crippen LogP contribution < -0.4 is 5.32 Å². The number of nitrogens with one attached hydrogen (secondary N) is 1. The Morgan fingerprint density at radius 3 is 2.38 bits per heavy atom. The summed E-state index contributed by atoms with van der Waals surface area (Å²) in [5, 5.41) is 14.9. The smallest absolute Gasteiger partial charge is 0.288 e. The topological polar surface area (TPSA) is 90.1 Å². The molecule has 190 valence electrons. The third-order valence-corrected chi connectivity index (χ3v) is 7.08. The molecule has 0 aliphatic rings. The molecule has 4 aromatic rings. The molecule has 3 aromatic carbocycles. The molecule has 0 aliphatic carbocycles. The molecule has 1 amide bonds. The molecule has 0 aliphatic heterocycles. The zero-order valence-corrected chi connectivity index (χ0v) is 22.0. The number of benzene rings is 3. The Bertz CT molecular complexity index is 1380. The van der Waals surface area contributed by atoms with E-state index < -0.39 is 4.92 Å². The molecule has 1 N–H and O–H groups in total. The number of unbranched alkanes of at least 4 members (excludes halogenated alkanes) is 1. The number of carbonyl (C=O) groups is 1. The number of halogens is 1. The van der Waals surface area contributed by atoms with E-state index >= 15 is 0 Å². The summed E-state index contributed by atoms with van der Waals surface area (Å²) < 4.78 is 2.27. The standard InChI is InChI=1S/C28H27ClN4O3S/c1-2-3-17-32-26(21-12-8-5-9-13-21)25(20-10-6-4-7-11-20)31-28(32)37-18-16-30-27(34)22-14-15-23(29)24(19-22)33(35)36/h4-15,19H,2-3,16-18H2,1H3,(H,30,34). The predicted molar refractivity (Wildman–Crippen MR) is 149 cm³/mol. The monoisotopic (exact) mass is 534 g/mol. The van der Waals surface area contributed by atoms with Gasteiger partial charge in [0.05, 0.1) is 16.3 Å². The van der Waals surface area contributed by atoms with Crippen molar-refractivity contribution in [2.75, 3.05) is 12.3 Å². The maximum Gasteiger partial charge on any atom is 0.288 e. The SMILES string of the molecule is CCCCn1c(SCCNC(=O)c2ccc(Cl)c([N+](=O)[O-])c2)nc(-c2ccccc2)c1-c1ccccc1. The first-order valence-electron chi connectivity index (χ1n) is 12.1. The highest BCUT2D eigenvalue weighted by Gasteiger charge is 2.20. The maximum atomic E-state index is 12.6. The molecule has 0 saturated carbocycles. The summed E-state index contributed by atoms with van der Waals surface area (Å²) in [6, 6.07) is 24.5. The Balaban J connectivity index is 1.55. The first kappa shape index (κ1) is 26.4. The summed E-state index contributed by atoms with van der Waals surface area (Å²) in [7, 11) is 0. The van der Waals surface area contributed by atoms with Crippen LogP contribution in [0.1, 0.15) is 30.1 Å². The van der Waals surface area contributed by atoms with Gasteiger partial charge >= 0.3 is 0 Å². The average molecular weight is 535 g/mol. The molecule has 1 heterocycles. The van der Waals surface area contributed by atoms with Crippen LogP contribution in [0.3, 0.4) is 0 Å². The van der Waals surface area contributed by atoms with Crippen LogP contribution in [0.4, 0.5) is 5.69 Å². The average Bonchev–Trinajstić information content (AvgIpc) is 3.29. The van der Waals surface area contributed by atoms with Crippen LogP contribution >= 0.6 is 23.4 Å². The first-order chi connectivity index (χ1) is 18.0. The molecule has 0 spiro atoms. The number of carbonyl (C=O) groups excluding carboxylic acids is 1. The van der Waals surface area contributed by atoms with Gasteiger partial charge in [-0.25, -0.2) is 4.98 Å². The number of imidazole rings is 1. The van der Waals surface area contributed by atoms with Gasteiger partial charge < -0.3 is 9.88 Å². The van der Waals surface area contributed by atoms with Crippen LogP contribution in [0.2, 0.25) is 5.02 Å². The molecular formula is C28H27ClN4O3S. The minimum Gasteiger partial charge on any atom is -0.351 e. The summed E-state index contributed by atoms with van der Waals surface area (Å²) in [5.74, 6) is 0.206. The normalized spacial score (nSPS) is 10.9. The second-order valence-electron chi connectivity index (χ2n) is 8.36. The van der Waals surface area contributed by atoms with Gasteiger partial charge in [0, 0.05) is 41.6 Å². The number of nitro groups is 1. The van der Waals surface area contributed by atoms with E-state index in [0.29, 0.717) is 12.3 Å². The third-order valence-electron chi connectivity index (χ3n) is 5.79. The molecule has 0 radical (unpaired) electrons. The van der Waals surface area contributed by atoms with Crippen LogP contribution in [0, 0.1) is 10.1 Å². The van der Waals surface area contributed by atoms with Gasteiger partial charge in [0.25, 0.3) is 11.6 Å². The van der Waals surface area contributed by atoms with Gasteiger partial charge in [-0.15, -0.1) is 0 Å². The molecule has 0 saturated heterocycles. The summed E-state index contributed by atoms with van der Waals surface area (Å²) in [6.07, 6.45) is 2.07. The van der Waals surface area contributed by atoms with E-state index in [1.54, 1.807) is 11.8 Å². The lowest BCUT2D eigenvalue weighted by Gasteiger charge is -2.13. The van der Waals surface area contributed by atoms with Crippen molar-refractivity contribution in [2.45, 2.75) is 31.5 Å². The highest BCUT2D eigenvalue weighted by atomic mass is 35.5. The fourth-order valence-electron chi connectivity index (χ4n) is 3.95. The number of hydrogen-bond acceptors (Lipinski definition) is 5. The van der Waals surface area contributed by atoms with Crippen molar-refractivity contribution in [1.82, 2.24) is 14.9 Å². The number of amides is 1. The highest BCUT2D eigenvalue weighted by Crippen LogP contribution is 2.36. The van der Waals surface area contributed by atoms with E-state index in [2.05, 4.69) is 41.1 Å². The van der Waals surface area contributed by atoms with Gasteiger partial charge in [0.15, 0.2) is 5.16 Å². The Hall–Kier alpha value is -3.62. The van der Waals surface area contributed by atoms with Crippen molar-refractivity contribution < 1.29 is 9.72 Å². The molecule has 0 unspecified atom stereocenters. The summed E-state index contributed by atoms with van der Waals surface area (Å²) >= 11 is 7.44. The largest absolute Gasteiger partial charge is 0.351 e. The van der Waals surface area contributed by atoms with E-state index in [1.165, 1.54) is 18.2 Å². The number of aromatic nitrogens is 2. The molecule has 0 atom stereocenters. The fraction of sp³-hybridized carbons (Fsp3) is 0.214. The summed E-state index contributed by atoms with van der Waals surface area (Å²) in [5.41, 5.74) is 4.08. The van der Waals surface area contributed by atoms with Crippen molar-refractivity contribution in [1.29, 1.82) is 0 Å². The number of thioether (sulfide) groups is 1. The Morgan fingerprint density at radius 2 is 1.73 bits per heavy atom. The van der Waals surface area contributed by atoms with Gasteiger partial charge in [-0.2, -0.15) is 0 Å². The van der Waals surface area contributed by atoms with E-state index in [4.69, 9.17) is 16.6 Å². The minimum atomic E-state index is -0.597. The van der Waals surface area contributed by atoms with Crippen LogP contribution in [0.25, 0.3) is 22.5 Å². The number of hydrogen-bond donors (Lipinski definition) is 1. The summed E-state index contributed by atoms with van der Waals surface area (Å²) in [4.78, 5) is 28.2. The second-order valence-corrected chi connectivity index (χ2v) is 9.83. The summed E-state index contributed by atoms with van der Waals surface area (Å²) in [6.45, 7) is 3.38. The van der Waals surface area contributed by atoms with Gasteiger partial charge in [-0.1, -0.05) is 97.4 Å². The fourth-order valence-corrected chi connectivity index (χ4v) is 5.02. The zero-order chi connectivity index (χ0) is 26.2. The zero-order valence-electron chi connectivity index (χ0n) is 20.4. The van der Waals surface area contributed by atoms with E-state index in [-0.39, 0.29) is 22.2 Å². The molecule has 37 heavy (non-hydrogen) atoms. The van der Waals surface area contributed by atoms with Crippen molar-refractivity contribution >= 4 is 35.0 Å². The van der Waals surface area contributed by atoms with Crippen LogP contribution in [0.15, 0.2) is 84.0 Å². The number of nitro benzene ring substituents is 1. The second kappa shape index (κ2) is 12.6. The lowest BCUT2D eigenvalue weighted by molar-refractivity contribution is -0.384. The molecule has 7 nitrogen and oxygen atoms in total. The Labute approximate surface area is 225 Å². The van der Waals surface area contributed by atoms with Gasteiger partial charge in [-0.3, -0.25) is 14.9 Å². The van der Waals surface area contributed by atoms with Crippen LogP contribution in [-0.4, -0.2) is 32.7 Å². The van der Waals surface area contributed by atoms with Gasteiger partial charge in [-0.05, 0) is 18.6 Å². The van der Waals surface area contributed by atoms with Crippen LogP contribution in [0.5, 0.6) is 0 Å². The minimum absolute atomic E-state index is 0.000498. The Kier molecular flexibility index (Phi) is 8.98. The molecule has 9 heteroatoms. The maximum absolute atomic E-state index is 12.6. The third kappa shape index (κ3) is 6.39. The van der Waals surface area contributed by atoms with E-state index in [0.717, 1.165) is 47.1 Å². The highest BCUT2D eigenvalue weighted by molar-refractivity contribution is 7.99. The molecular weight excluding hydrogens is 508 g/mol. The van der Waals surface area contributed by atoms with Crippen molar-refractivity contribution in [3.63, 3.8) is 0 Å². The number of nitrogens with zero attached hydrogens (tertiary/aromatic N) is 3. The Morgan fingerprint density at radius 1 is 1.05 bits per heavy atom. The van der Waals surface area contributed by atoms with E-state index in [9.17, 15) is 14.9 Å². The molecule has 1 aromatic heterocycles. The lowest BCUT2D eigenvalue weighted by atomic mass is 10.0. The first-order valence-corrected chi connectivity index (χ1v) is 13.4. The van der Waals surface area contributed by atoms with Gasteiger partial charge in [0.2, 0.25) is 0 Å². The number of rotatable bonds is 11. The van der Waals surface area contributed by atoms with Crippen molar-refractivity contribution in [2.24, 2.45) is 0 Å². The lowest BCUT2D eigenvalue weighted by Crippen LogP contribution is -2.25. The van der Waals surface area contributed by atoms with Crippen molar-refractivity contribution in [3.05, 3.63) is 99.6 Å². The molecule has 0 bridgehead atoms.